The molecule has 0 spiro atoms. The highest BCUT2D eigenvalue weighted by Gasteiger charge is 2.33. The van der Waals surface area contributed by atoms with Crippen molar-refractivity contribution in [2.45, 2.75) is 24.8 Å². The fourth-order valence-corrected chi connectivity index (χ4v) is 6.50. The second-order valence-electron chi connectivity index (χ2n) is 9.76. The number of alkyl halides is 4. The molecule has 204 valence electrons. The first-order valence-electron chi connectivity index (χ1n) is 12.0. The largest absolute Gasteiger partial charge is 0.495 e. The van der Waals surface area contributed by atoms with Crippen molar-refractivity contribution in [1.29, 1.82) is 0 Å². The number of hydrogen-bond acceptors (Lipinski definition) is 6. The summed E-state index contributed by atoms with van der Waals surface area (Å²) in [4.78, 5) is 2.20. The molecule has 2 aromatic carbocycles. The fourth-order valence-electron chi connectivity index (χ4n) is 4.47. The van der Waals surface area contributed by atoms with E-state index in [1.807, 2.05) is 11.9 Å². The molecule has 1 aromatic heterocycles. The van der Waals surface area contributed by atoms with Gasteiger partial charge < -0.3 is 24.8 Å². The quantitative estimate of drug-likeness (QED) is 0.215. The lowest BCUT2D eigenvalue weighted by atomic mass is 10.1. The van der Waals surface area contributed by atoms with Crippen LogP contribution >= 0.6 is 18.5 Å². The van der Waals surface area contributed by atoms with Gasteiger partial charge in [0.15, 0.2) is 0 Å². The number of likely N-dealkylation sites (tertiary alicyclic amines) is 1. The van der Waals surface area contributed by atoms with Crippen molar-refractivity contribution < 1.29 is 26.9 Å². The predicted molar refractivity (Wildman–Crippen MR) is 149 cm³/mol. The maximum Gasteiger partial charge on any atom is 0.393 e. The molecule has 1 aliphatic rings. The molecule has 1 fully saturated rings. The van der Waals surface area contributed by atoms with Gasteiger partial charge in [0.2, 0.25) is 0 Å². The average Bonchev–Trinajstić information content (AvgIpc) is 3.33. The second kappa shape index (κ2) is 11.2. The monoisotopic (exact) mass is 567 g/mol. The van der Waals surface area contributed by atoms with Crippen molar-refractivity contribution in [3.63, 3.8) is 0 Å². The van der Waals surface area contributed by atoms with Crippen LogP contribution in [-0.2, 0) is 11.0 Å². The van der Waals surface area contributed by atoms with Gasteiger partial charge in [-0.05, 0) is 55.6 Å². The Labute approximate surface area is 223 Å². The van der Waals surface area contributed by atoms with Gasteiger partial charge >= 0.3 is 6.18 Å². The van der Waals surface area contributed by atoms with Gasteiger partial charge in [-0.3, -0.25) is 0 Å². The molecule has 4 rings (SSSR count). The lowest BCUT2D eigenvalue weighted by molar-refractivity contribution is -0.126. The van der Waals surface area contributed by atoms with Crippen LogP contribution in [0.25, 0.3) is 10.1 Å². The molecule has 0 saturated carbocycles. The number of thiophene rings is 1. The van der Waals surface area contributed by atoms with Crippen LogP contribution in [0.2, 0.25) is 0 Å². The van der Waals surface area contributed by atoms with Gasteiger partial charge in [0, 0.05) is 18.4 Å². The van der Waals surface area contributed by atoms with E-state index in [0.717, 1.165) is 0 Å². The smallest absolute Gasteiger partial charge is 0.393 e. The molecule has 0 radical (unpaired) electrons. The lowest BCUT2D eigenvalue weighted by Crippen LogP contribution is -2.29. The normalized spacial score (nSPS) is 18.3. The molecular weight excluding hydrogens is 537 g/mol. The van der Waals surface area contributed by atoms with Gasteiger partial charge in [-0.1, -0.05) is 24.0 Å². The summed E-state index contributed by atoms with van der Waals surface area (Å²) in [6.07, 6.45) is -6.57. The van der Waals surface area contributed by atoms with Crippen LogP contribution in [0.5, 0.6) is 5.75 Å². The standard InChI is InChI=1S/C27H30F4N3O2PS/c1-34-15-20(28)23(16-34)33-22-8-5-7-18-19(14-27(29,30)31)25(38-26(18)22)9-6-12-32-21-11-10-17(37(3,4)35)13-24(21)36-2/h5,7-8,10-11,13,20,23,32-33H,12,14-16H2,1-4H3. The molecule has 1 saturated heterocycles. The minimum Gasteiger partial charge on any atom is -0.495 e. The van der Waals surface area contributed by atoms with E-state index in [-0.39, 0.29) is 12.1 Å². The van der Waals surface area contributed by atoms with Crippen molar-refractivity contribution >= 4 is 45.2 Å². The van der Waals surface area contributed by atoms with E-state index in [9.17, 15) is 22.1 Å². The molecule has 11 heteroatoms. The van der Waals surface area contributed by atoms with Crippen molar-refractivity contribution in [2.24, 2.45) is 0 Å². The van der Waals surface area contributed by atoms with E-state index in [1.54, 1.807) is 49.7 Å². The van der Waals surface area contributed by atoms with Crippen LogP contribution in [-0.4, -0.2) is 70.4 Å². The Morgan fingerprint density at radius 3 is 2.58 bits per heavy atom. The van der Waals surface area contributed by atoms with E-state index in [2.05, 4.69) is 22.5 Å². The number of halogens is 4. The average molecular weight is 568 g/mol. The third-order valence-electron chi connectivity index (χ3n) is 6.34. The summed E-state index contributed by atoms with van der Waals surface area (Å²) in [6.45, 7) is 4.33. The summed E-state index contributed by atoms with van der Waals surface area (Å²) in [6, 6.07) is 9.88. The number of nitrogens with zero attached hydrogens (tertiary/aromatic N) is 1. The van der Waals surface area contributed by atoms with E-state index >= 15 is 0 Å². The van der Waals surface area contributed by atoms with E-state index < -0.39 is 32.0 Å². The number of rotatable bonds is 7. The number of hydrogen-bond donors (Lipinski definition) is 2. The zero-order valence-electron chi connectivity index (χ0n) is 21.6. The van der Waals surface area contributed by atoms with Crippen LogP contribution in [0.15, 0.2) is 36.4 Å². The Hall–Kier alpha value is -2.73. The molecule has 38 heavy (non-hydrogen) atoms. The van der Waals surface area contributed by atoms with Crippen LogP contribution in [0, 0.1) is 11.8 Å². The summed E-state index contributed by atoms with van der Waals surface area (Å²) in [5, 5.41) is 7.47. The minimum absolute atomic E-state index is 0.123. The van der Waals surface area contributed by atoms with Gasteiger partial charge in [0.05, 0.1) is 47.1 Å². The van der Waals surface area contributed by atoms with Crippen molar-refractivity contribution in [1.82, 2.24) is 4.90 Å². The molecular formula is C27H30F4N3O2PS. The third kappa shape index (κ3) is 6.63. The van der Waals surface area contributed by atoms with E-state index in [4.69, 9.17) is 4.74 Å². The minimum atomic E-state index is -4.41. The Bertz CT molecular complexity index is 1420. The number of methoxy groups -OCH3 is 1. The fraction of sp³-hybridized carbons (Fsp3) is 0.407. The number of likely N-dealkylation sites (N-methyl/N-ethyl adjacent to an activating group) is 1. The number of nitrogens with one attached hydrogen (secondary N) is 2. The van der Waals surface area contributed by atoms with Crippen LogP contribution in [0.4, 0.5) is 28.9 Å². The van der Waals surface area contributed by atoms with Gasteiger partial charge in [0.25, 0.3) is 0 Å². The second-order valence-corrected chi connectivity index (χ2v) is 14.0. The van der Waals surface area contributed by atoms with Crippen molar-refractivity contribution in [2.75, 3.05) is 57.8 Å². The maximum atomic E-state index is 14.4. The Morgan fingerprint density at radius 2 is 1.95 bits per heavy atom. The molecule has 2 unspecified atom stereocenters. The topological polar surface area (TPSA) is 53.6 Å². The summed E-state index contributed by atoms with van der Waals surface area (Å²) in [5.74, 6) is 6.35. The summed E-state index contributed by atoms with van der Waals surface area (Å²) in [5.41, 5.74) is 1.37. The zero-order chi connectivity index (χ0) is 27.7. The molecule has 1 aliphatic heterocycles. The molecule has 2 heterocycles. The zero-order valence-corrected chi connectivity index (χ0v) is 23.3. The lowest BCUT2D eigenvalue weighted by Gasteiger charge is -2.16. The number of benzene rings is 2. The first kappa shape index (κ1) is 28.3. The summed E-state index contributed by atoms with van der Waals surface area (Å²) < 4.78 is 73.3. The van der Waals surface area contributed by atoms with Gasteiger partial charge in [-0.15, -0.1) is 11.3 Å². The van der Waals surface area contributed by atoms with Crippen molar-refractivity contribution in [3.8, 4) is 17.6 Å². The molecule has 0 bridgehead atoms. The maximum absolute atomic E-state index is 14.4. The molecule has 0 aliphatic carbocycles. The SMILES string of the molecule is COc1cc(P(C)(C)=O)ccc1NCC#Cc1sc2c(NC3CN(C)CC3F)cccc2c1CC(F)(F)F. The first-order chi connectivity index (χ1) is 17.9. The Kier molecular flexibility index (Phi) is 8.32. The van der Waals surface area contributed by atoms with Crippen LogP contribution in [0.3, 0.4) is 0 Å². The van der Waals surface area contributed by atoms with Crippen molar-refractivity contribution in [3.05, 3.63) is 46.8 Å². The predicted octanol–water partition coefficient (Wildman–Crippen LogP) is 5.79. The van der Waals surface area contributed by atoms with E-state index in [1.165, 1.54) is 18.4 Å². The molecule has 2 N–H and O–H groups in total. The van der Waals surface area contributed by atoms with Gasteiger partial charge in [-0.2, -0.15) is 13.2 Å². The number of anilines is 2. The third-order valence-corrected chi connectivity index (χ3v) is 9.06. The van der Waals surface area contributed by atoms with Gasteiger partial charge in [0.1, 0.15) is 19.1 Å². The molecule has 3 aromatic rings. The summed E-state index contributed by atoms with van der Waals surface area (Å²) >= 11 is 1.18. The highest BCUT2D eigenvalue weighted by Crippen LogP contribution is 2.40. The first-order valence-corrected chi connectivity index (χ1v) is 15.4. The molecule has 2 atom stereocenters. The van der Waals surface area contributed by atoms with Gasteiger partial charge in [-0.25, -0.2) is 4.39 Å². The highest BCUT2D eigenvalue weighted by atomic mass is 32.1. The Balaban J connectivity index is 1.61. The summed E-state index contributed by atoms with van der Waals surface area (Å²) in [7, 11) is 0.877. The number of ether oxygens (including phenoxy) is 1. The molecule has 5 nitrogen and oxygen atoms in total. The Morgan fingerprint density at radius 1 is 1.18 bits per heavy atom. The molecule has 0 amide bonds. The van der Waals surface area contributed by atoms with E-state index in [0.29, 0.717) is 50.5 Å². The highest BCUT2D eigenvalue weighted by molar-refractivity contribution is 7.70. The number of fused-ring (bicyclic) bond motifs is 1. The van der Waals surface area contributed by atoms with Crippen LogP contribution < -0.4 is 20.7 Å². The van der Waals surface area contributed by atoms with Crippen LogP contribution in [0.1, 0.15) is 10.4 Å².